The summed E-state index contributed by atoms with van der Waals surface area (Å²) in [6.45, 7) is 1.97. The third-order valence-corrected chi connectivity index (χ3v) is 5.23. The zero-order chi connectivity index (χ0) is 17.1. The first kappa shape index (κ1) is 16.6. The van der Waals surface area contributed by atoms with Gasteiger partial charge in [0.15, 0.2) is 0 Å². The summed E-state index contributed by atoms with van der Waals surface area (Å²) >= 11 is 1.61. The number of aromatic nitrogens is 1. The van der Waals surface area contributed by atoms with Crippen LogP contribution in [0.2, 0.25) is 0 Å². The van der Waals surface area contributed by atoms with Gasteiger partial charge in [-0.15, -0.1) is 11.3 Å². The molecule has 1 amide bonds. The van der Waals surface area contributed by atoms with Crippen molar-refractivity contribution in [2.75, 3.05) is 5.32 Å². The topological polar surface area (TPSA) is 79.3 Å². The number of anilines is 1. The van der Waals surface area contributed by atoms with Gasteiger partial charge in [-0.05, 0) is 38.3 Å². The van der Waals surface area contributed by atoms with Gasteiger partial charge in [-0.2, -0.15) is 0 Å². The maximum atomic E-state index is 12.4. The summed E-state index contributed by atoms with van der Waals surface area (Å²) in [6.07, 6.45) is 2.64. The lowest BCUT2D eigenvalue weighted by Gasteiger charge is -2.25. The molecule has 1 heterocycles. The first-order chi connectivity index (χ1) is 11.5. The third kappa shape index (κ3) is 3.82. The zero-order valence-electron chi connectivity index (χ0n) is 13.5. The quantitative estimate of drug-likeness (QED) is 0.880. The molecule has 24 heavy (non-hydrogen) atoms. The van der Waals surface area contributed by atoms with Crippen molar-refractivity contribution >= 4 is 28.9 Å². The van der Waals surface area contributed by atoms with Gasteiger partial charge in [-0.25, -0.2) is 4.98 Å². The molecule has 1 aliphatic carbocycles. The Morgan fingerprint density at radius 3 is 2.54 bits per heavy atom. The van der Waals surface area contributed by atoms with E-state index in [2.05, 4.69) is 10.3 Å². The van der Waals surface area contributed by atoms with Crippen molar-refractivity contribution in [1.29, 1.82) is 0 Å². The second-order valence-corrected chi connectivity index (χ2v) is 7.28. The van der Waals surface area contributed by atoms with Gasteiger partial charge in [-0.1, -0.05) is 18.6 Å². The van der Waals surface area contributed by atoms with E-state index in [-0.39, 0.29) is 11.8 Å². The second-order valence-electron chi connectivity index (χ2n) is 6.22. The van der Waals surface area contributed by atoms with Crippen LogP contribution in [0.5, 0.6) is 0 Å². The average Bonchev–Trinajstić information content (AvgIpc) is 3.02. The Hall–Kier alpha value is -2.21. The predicted octanol–water partition coefficient (Wildman–Crippen LogP) is 3.95. The Labute approximate surface area is 144 Å². The Balaban J connectivity index is 1.63. The molecule has 6 heteroatoms. The van der Waals surface area contributed by atoms with Crippen LogP contribution in [0, 0.1) is 18.8 Å². The summed E-state index contributed by atoms with van der Waals surface area (Å²) < 4.78 is 0. The summed E-state index contributed by atoms with van der Waals surface area (Å²) in [5.41, 5.74) is 2.68. The summed E-state index contributed by atoms with van der Waals surface area (Å²) in [7, 11) is 0. The lowest BCUT2D eigenvalue weighted by Crippen LogP contribution is -2.30. The number of carbonyl (C=O) groups excluding carboxylic acids is 1. The minimum absolute atomic E-state index is 0.0850. The molecular formula is C18H20N2O3S. The van der Waals surface area contributed by atoms with Crippen LogP contribution >= 0.6 is 11.3 Å². The standard InChI is InChI=1S/C18H20N2O3S/c1-11-19-16(10-24-11)12-5-7-15(8-6-12)20-17(21)13-3-2-4-14(9-13)18(22)23/h5-8,10,13-14H,2-4,9H2,1H3,(H,20,21)(H,22,23). The van der Waals surface area contributed by atoms with Crippen molar-refractivity contribution in [3.8, 4) is 11.3 Å². The summed E-state index contributed by atoms with van der Waals surface area (Å²) in [4.78, 5) is 27.9. The number of thiazole rings is 1. The normalized spacial score (nSPS) is 20.5. The molecule has 0 spiro atoms. The Morgan fingerprint density at radius 1 is 1.21 bits per heavy atom. The van der Waals surface area contributed by atoms with Crippen LogP contribution in [-0.2, 0) is 9.59 Å². The van der Waals surface area contributed by atoms with E-state index in [0.717, 1.165) is 34.8 Å². The van der Waals surface area contributed by atoms with Gasteiger partial charge in [0.05, 0.1) is 16.6 Å². The van der Waals surface area contributed by atoms with Crippen LogP contribution in [0.4, 0.5) is 5.69 Å². The van der Waals surface area contributed by atoms with Gasteiger partial charge < -0.3 is 10.4 Å². The van der Waals surface area contributed by atoms with Crippen molar-refractivity contribution in [2.45, 2.75) is 32.6 Å². The van der Waals surface area contributed by atoms with Gasteiger partial charge in [-0.3, -0.25) is 9.59 Å². The number of hydrogen-bond donors (Lipinski definition) is 2. The zero-order valence-corrected chi connectivity index (χ0v) is 14.3. The maximum absolute atomic E-state index is 12.4. The molecule has 0 bridgehead atoms. The molecule has 1 aromatic heterocycles. The molecule has 126 valence electrons. The number of hydrogen-bond acceptors (Lipinski definition) is 4. The molecule has 1 fully saturated rings. The van der Waals surface area contributed by atoms with E-state index in [4.69, 9.17) is 5.11 Å². The lowest BCUT2D eigenvalue weighted by molar-refractivity contribution is -0.143. The highest BCUT2D eigenvalue weighted by atomic mass is 32.1. The highest BCUT2D eigenvalue weighted by Gasteiger charge is 2.30. The van der Waals surface area contributed by atoms with Gasteiger partial charge >= 0.3 is 5.97 Å². The highest BCUT2D eigenvalue weighted by molar-refractivity contribution is 7.09. The molecule has 0 saturated heterocycles. The van der Waals surface area contributed by atoms with E-state index in [9.17, 15) is 9.59 Å². The molecule has 1 aromatic carbocycles. The smallest absolute Gasteiger partial charge is 0.306 e. The summed E-state index contributed by atoms with van der Waals surface area (Å²) in [5, 5.41) is 15.1. The fraction of sp³-hybridized carbons (Fsp3) is 0.389. The SMILES string of the molecule is Cc1nc(-c2ccc(NC(=O)C3CCCC(C(=O)O)C3)cc2)cs1. The van der Waals surface area contributed by atoms with Gasteiger partial charge in [0.2, 0.25) is 5.91 Å². The van der Waals surface area contributed by atoms with Crippen molar-refractivity contribution in [1.82, 2.24) is 4.98 Å². The first-order valence-electron chi connectivity index (χ1n) is 8.09. The number of carbonyl (C=O) groups is 2. The van der Waals surface area contributed by atoms with Crippen molar-refractivity contribution in [3.05, 3.63) is 34.7 Å². The van der Waals surface area contributed by atoms with Crippen LogP contribution in [0.15, 0.2) is 29.6 Å². The summed E-state index contributed by atoms with van der Waals surface area (Å²) in [6, 6.07) is 7.59. The van der Waals surface area contributed by atoms with Gasteiger partial charge in [0, 0.05) is 22.5 Å². The molecule has 2 N–H and O–H groups in total. The second kappa shape index (κ2) is 7.13. The molecule has 1 aliphatic rings. The number of nitrogens with zero attached hydrogens (tertiary/aromatic N) is 1. The van der Waals surface area contributed by atoms with E-state index in [0.29, 0.717) is 12.8 Å². The van der Waals surface area contributed by atoms with E-state index >= 15 is 0 Å². The number of carboxylic acid groups (broad SMARTS) is 1. The number of nitrogens with one attached hydrogen (secondary N) is 1. The Morgan fingerprint density at radius 2 is 1.92 bits per heavy atom. The number of aryl methyl sites for hydroxylation is 1. The molecular weight excluding hydrogens is 324 g/mol. The third-order valence-electron chi connectivity index (χ3n) is 4.46. The molecule has 1 saturated carbocycles. The Kier molecular flexibility index (Phi) is 4.94. The van der Waals surface area contributed by atoms with Crippen molar-refractivity contribution in [2.24, 2.45) is 11.8 Å². The van der Waals surface area contributed by atoms with E-state index < -0.39 is 11.9 Å². The minimum atomic E-state index is -0.796. The number of benzene rings is 1. The first-order valence-corrected chi connectivity index (χ1v) is 8.97. The highest BCUT2D eigenvalue weighted by Crippen LogP contribution is 2.30. The van der Waals surface area contributed by atoms with Gasteiger partial charge in [0.1, 0.15) is 0 Å². The summed E-state index contributed by atoms with van der Waals surface area (Å²) in [5.74, 6) is -1.50. The fourth-order valence-corrected chi connectivity index (χ4v) is 3.74. The monoisotopic (exact) mass is 344 g/mol. The molecule has 2 atom stereocenters. The molecule has 3 rings (SSSR count). The van der Waals surface area contributed by atoms with Crippen LogP contribution < -0.4 is 5.32 Å². The van der Waals surface area contributed by atoms with Crippen molar-refractivity contribution in [3.63, 3.8) is 0 Å². The van der Waals surface area contributed by atoms with Gasteiger partial charge in [0.25, 0.3) is 0 Å². The van der Waals surface area contributed by atoms with Crippen LogP contribution in [0.25, 0.3) is 11.3 Å². The number of carboxylic acids is 1. The fourth-order valence-electron chi connectivity index (χ4n) is 3.12. The molecule has 2 unspecified atom stereocenters. The van der Waals surface area contributed by atoms with E-state index in [1.807, 2.05) is 36.6 Å². The molecule has 0 radical (unpaired) electrons. The number of amides is 1. The Bertz CT molecular complexity index is 739. The van der Waals surface area contributed by atoms with Crippen LogP contribution in [-0.4, -0.2) is 22.0 Å². The number of aliphatic carboxylic acids is 1. The average molecular weight is 344 g/mol. The maximum Gasteiger partial charge on any atom is 0.306 e. The van der Waals surface area contributed by atoms with Crippen LogP contribution in [0.3, 0.4) is 0 Å². The van der Waals surface area contributed by atoms with Crippen molar-refractivity contribution < 1.29 is 14.7 Å². The molecule has 2 aromatic rings. The van der Waals surface area contributed by atoms with E-state index in [1.165, 1.54) is 0 Å². The predicted molar refractivity (Wildman–Crippen MR) is 94.0 cm³/mol. The van der Waals surface area contributed by atoms with E-state index in [1.54, 1.807) is 11.3 Å². The molecule has 0 aliphatic heterocycles. The number of rotatable bonds is 4. The molecule has 5 nitrogen and oxygen atoms in total. The van der Waals surface area contributed by atoms with Crippen LogP contribution in [0.1, 0.15) is 30.7 Å². The minimum Gasteiger partial charge on any atom is -0.481 e. The lowest BCUT2D eigenvalue weighted by atomic mass is 9.81. The largest absolute Gasteiger partial charge is 0.481 e.